The second-order valence-corrected chi connectivity index (χ2v) is 6.77. The molecule has 0 aromatic heterocycles. The first-order chi connectivity index (χ1) is 12.7. The molecule has 0 aliphatic carbocycles. The Hall–Kier alpha value is -2.62. The fraction of sp³-hybridized carbons (Fsp3) is 0.364. The second kappa shape index (κ2) is 8.65. The molecule has 0 radical (unpaired) electrons. The number of amides is 2. The van der Waals surface area contributed by atoms with Gasteiger partial charge in [0.25, 0.3) is 5.91 Å². The molecular weight excluding hydrogens is 324 g/mol. The van der Waals surface area contributed by atoms with Gasteiger partial charge in [-0.25, -0.2) is 0 Å². The normalized spacial score (nSPS) is 17.7. The number of likely N-dealkylation sites (tertiary alicyclic amines) is 1. The molecule has 1 saturated heterocycles. The van der Waals surface area contributed by atoms with Crippen molar-refractivity contribution in [2.75, 3.05) is 13.1 Å². The molecule has 2 atom stereocenters. The zero-order valence-electron chi connectivity index (χ0n) is 15.2. The van der Waals surface area contributed by atoms with Gasteiger partial charge in [0.15, 0.2) is 0 Å². The van der Waals surface area contributed by atoms with E-state index in [1.807, 2.05) is 29.2 Å². The Bertz CT molecular complexity index is 730. The van der Waals surface area contributed by atoms with Crippen molar-refractivity contribution in [3.8, 4) is 0 Å². The van der Waals surface area contributed by atoms with E-state index in [4.69, 9.17) is 0 Å². The molecule has 1 fully saturated rings. The van der Waals surface area contributed by atoms with E-state index in [0.29, 0.717) is 11.5 Å². The Balaban J connectivity index is 1.64. The molecule has 2 aromatic carbocycles. The maximum atomic E-state index is 12.8. The SMILES string of the molecule is CC[C@@H](c1ccccc1)[C@@H]1CCCN1C(=O)CNC(=O)c1ccccc1. The maximum Gasteiger partial charge on any atom is 0.251 e. The van der Waals surface area contributed by atoms with Crippen LogP contribution in [-0.2, 0) is 4.79 Å². The lowest BCUT2D eigenvalue weighted by Gasteiger charge is -2.31. The summed E-state index contributed by atoms with van der Waals surface area (Å²) in [5.74, 6) is 0.142. The Kier molecular flexibility index (Phi) is 6.05. The molecule has 2 amide bonds. The van der Waals surface area contributed by atoms with Crippen LogP contribution in [0.4, 0.5) is 0 Å². The molecule has 0 spiro atoms. The maximum absolute atomic E-state index is 12.8. The molecule has 2 aromatic rings. The average molecular weight is 350 g/mol. The Morgan fingerprint density at radius 1 is 1.08 bits per heavy atom. The van der Waals surface area contributed by atoms with Crippen LogP contribution < -0.4 is 5.32 Å². The number of carbonyl (C=O) groups is 2. The van der Waals surface area contributed by atoms with Crippen molar-refractivity contribution < 1.29 is 9.59 Å². The second-order valence-electron chi connectivity index (χ2n) is 6.77. The lowest BCUT2D eigenvalue weighted by atomic mass is 9.87. The first-order valence-corrected chi connectivity index (χ1v) is 9.38. The van der Waals surface area contributed by atoms with Crippen LogP contribution in [0.15, 0.2) is 60.7 Å². The molecule has 1 aliphatic heterocycles. The molecular formula is C22H26N2O2. The summed E-state index contributed by atoms with van der Waals surface area (Å²) in [6, 6.07) is 19.6. The highest BCUT2D eigenvalue weighted by atomic mass is 16.2. The van der Waals surface area contributed by atoms with Gasteiger partial charge in [0, 0.05) is 24.1 Å². The highest BCUT2D eigenvalue weighted by Gasteiger charge is 2.34. The number of nitrogens with one attached hydrogen (secondary N) is 1. The van der Waals surface area contributed by atoms with Gasteiger partial charge in [-0.05, 0) is 37.0 Å². The van der Waals surface area contributed by atoms with E-state index in [1.165, 1.54) is 5.56 Å². The third-order valence-electron chi connectivity index (χ3n) is 5.19. The van der Waals surface area contributed by atoms with Crippen molar-refractivity contribution in [1.29, 1.82) is 0 Å². The van der Waals surface area contributed by atoms with Crippen molar-refractivity contribution in [1.82, 2.24) is 10.2 Å². The fourth-order valence-electron chi connectivity index (χ4n) is 3.90. The van der Waals surface area contributed by atoms with Gasteiger partial charge in [0.05, 0.1) is 6.54 Å². The standard InChI is InChI=1S/C22H26N2O2/c1-2-19(17-10-5-3-6-11-17)20-14-9-15-24(20)21(25)16-23-22(26)18-12-7-4-8-13-18/h3-8,10-13,19-20H,2,9,14-16H2,1H3,(H,23,26)/t19-,20-/m0/s1. The molecule has 0 bridgehead atoms. The van der Waals surface area contributed by atoms with Crippen LogP contribution in [0.2, 0.25) is 0 Å². The molecule has 136 valence electrons. The first kappa shape index (κ1) is 18.2. The third kappa shape index (κ3) is 4.13. The van der Waals surface area contributed by atoms with Gasteiger partial charge in [0.2, 0.25) is 5.91 Å². The monoisotopic (exact) mass is 350 g/mol. The van der Waals surface area contributed by atoms with Gasteiger partial charge in [-0.15, -0.1) is 0 Å². The smallest absolute Gasteiger partial charge is 0.251 e. The van der Waals surface area contributed by atoms with E-state index >= 15 is 0 Å². The predicted molar refractivity (Wildman–Crippen MR) is 103 cm³/mol. The van der Waals surface area contributed by atoms with Crippen LogP contribution in [0.25, 0.3) is 0 Å². The summed E-state index contributed by atoms with van der Waals surface area (Å²) in [4.78, 5) is 26.9. The van der Waals surface area contributed by atoms with Gasteiger partial charge in [-0.3, -0.25) is 9.59 Å². The van der Waals surface area contributed by atoms with Crippen molar-refractivity contribution >= 4 is 11.8 Å². The minimum absolute atomic E-state index is 0.00571. The highest BCUT2D eigenvalue weighted by molar-refractivity contribution is 5.96. The molecule has 4 nitrogen and oxygen atoms in total. The predicted octanol–water partition coefficient (Wildman–Crippen LogP) is 3.60. The van der Waals surface area contributed by atoms with E-state index in [0.717, 1.165) is 25.8 Å². The minimum Gasteiger partial charge on any atom is -0.343 e. The number of nitrogens with zero attached hydrogens (tertiary/aromatic N) is 1. The van der Waals surface area contributed by atoms with E-state index in [-0.39, 0.29) is 24.4 Å². The Morgan fingerprint density at radius 2 is 1.73 bits per heavy atom. The van der Waals surface area contributed by atoms with E-state index in [9.17, 15) is 9.59 Å². The van der Waals surface area contributed by atoms with Gasteiger partial charge >= 0.3 is 0 Å². The molecule has 0 saturated carbocycles. The average Bonchev–Trinajstić information content (AvgIpc) is 3.17. The summed E-state index contributed by atoms with van der Waals surface area (Å²) < 4.78 is 0. The highest BCUT2D eigenvalue weighted by Crippen LogP contribution is 2.33. The topological polar surface area (TPSA) is 49.4 Å². The summed E-state index contributed by atoms with van der Waals surface area (Å²) in [7, 11) is 0. The van der Waals surface area contributed by atoms with Gasteiger partial charge in [-0.1, -0.05) is 55.5 Å². The summed E-state index contributed by atoms with van der Waals surface area (Å²) in [6.07, 6.45) is 3.03. The van der Waals surface area contributed by atoms with Gasteiger partial charge < -0.3 is 10.2 Å². The molecule has 1 N–H and O–H groups in total. The van der Waals surface area contributed by atoms with E-state index in [1.54, 1.807) is 12.1 Å². The summed E-state index contributed by atoms with van der Waals surface area (Å²) in [5.41, 5.74) is 1.86. The van der Waals surface area contributed by atoms with Crippen molar-refractivity contribution in [2.24, 2.45) is 0 Å². The molecule has 0 unspecified atom stereocenters. The summed E-state index contributed by atoms with van der Waals surface area (Å²) >= 11 is 0. The lowest BCUT2D eigenvalue weighted by Crippen LogP contribution is -2.44. The molecule has 1 heterocycles. The van der Waals surface area contributed by atoms with Crippen LogP contribution >= 0.6 is 0 Å². The summed E-state index contributed by atoms with van der Waals surface area (Å²) in [6.45, 7) is 3.00. The summed E-state index contributed by atoms with van der Waals surface area (Å²) in [5, 5.41) is 2.76. The van der Waals surface area contributed by atoms with Gasteiger partial charge in [-0.2, -0.15) is 0 Å². The fourth-order valence-corrected chi connectivity index (χ4v) is 3.90. The van der Waals surface area contributed by atoms with Crippen molar-refractivity contribution in [3.05, 3.63) is 71.8 Å². The third-order valence-corrected chi connectivity index (χ3v) is 5.19. The Labute approximate surface area is 155 Å². The van der Waals surface area contributed by atoms with E-state index in [2.05, 4.69) is 36.5 Å². The van der Waals surface area contributed by atoms with E-state index < -0.39 is 0 Å². The largest absolute Gasteiger partial charge is 0.343 e. The Morgan fingerprint density at radius 3 is 2.38 bits per heavy atom. The zero-order chi connectivity index (χ0) is 18.4. The molecule has 3 rings (SSSR count). The quantitative estimate of drug-likeness (QED) is 0.865. The number of hydrogen-bond donors (Lipinski definition) is 1. The molecule has 4 heteroatoms. The zero-order valence-corrected chi connectivity index (χ0v) is 15.2. The van der Waals surface area contributed by atoms with Crippen molar-refractivity contribution in [3.63, 3.8) is 0 Å². The van der Waals surface area contributed by atoms with Crippen LogP contribution in [-0.4, -0.2) is 35.8 Å². The minimum atomic E-state index is -0.204. The van der Waals surface area contributed by atoms with Crippen LogP contribution in [0, 0.1) is 0 Å². The number of hydrogen-bond acceptors (Lipinski definition) is 2. The van der Waals surface area contributed by atoms with Crippen LogP contribution in [0.3, 0.4) is 0 Å². The number of rotatable bonds is 6. The van der Waals surface area contributed by atoms with Crippen LogP contribution in [0.1, 0.15) is 48.0 Å². The number of carbonyl (C=O) groups excluding carboxylic acids is 2. The number of benzene rings is 2. The molecule has 1 aliphatic rings. The first-order valence-electron chi connectivity index (χ1n) is 9.38. The van der Waals surface area contributed by atoms with Crippen LogP contribution in [0.5, 0.6) is 0 Å². The lowest BCUT2D eigenvalue weighted by molar-refractivity contribution is -0.131. The van der Waals surface area contributed by atoms with Crippen molar-refractivity contribution in [2.45, 2.75) is 38.1 Å². The molecule has 26 heavy (non-hydrogen) atoms. The van der Waals surface area contributed by atoms with Gasteiger partial charge in [0.1, 0.15) is 0 Å².